The molecule has 0 bridgehead atoms. The van der Waals surface area contributed by atoms with Crippen LogP contribution in [0.3, 0.4) is 0 Å². The fraction of sp³-hybridized carbons (Fsp3) is 0.0714. The molecular formula is C14H7BrClF3N2. The quantitative estimate of drug-likeness (QED) is 0.584. The monoisotopic (exact) mass is 374 g/mol. The van der Waals surface area contributed by atoms with Gasteiger partial charge >= 0.3 is 6.18 Å². The maximum atomic E-state index is 13.2. The summed E-state index contributed by atoms with van der Waals surface area (Å²) in [6, 6.07) is 9.01. The van der Waals surface area contributed by atoms with E-state index in [-0.39, 0.29) is 11.4 Å². The van der Waals surface area contributed by atoms with Gasteiger partial charge in [0.05, 0.1) is 16.1 Å². The Kier molecular flexibility index (Phi) is 3.45. The van der Waals surface area contributed by atoms with Gasteiger partial charge in [0.15, 0.2) is 0 Å². The van der Waals surface area contributed by atoms with Gasteiger partial charge in [-0.05, 0) is 30.3 Å². The largest absolute Gasteiger partial charge is 0.417 e. The fourth-order valence-electron chi connectivity index (χ4n) is 2.08. The van der Waals surface area contributed by atoms with Gasteiger partial charge in [-0.3, -0.25) is 0 Å². The van der Waals surface area contributed by atoms with E-state index < -0.39 is 11.7 Å². The molecule has 3 aromatic rings. The molecule has 0 spiro atoms. The number of rotatable bonds is 1. The molecule has 0 saturated heterocycles. The van der Waals surface area contributed by atoms with E-state index in [1.54, 1.807) is 24.3 Å². The topological polar surface area (TPSA) is 28.7 Å². The lowest BCUT2D eigenvalue weighted by molar-refractivity contribution is -0.137. The molecule has 0 saturated carbocycles. The van der Waals surface area contributed by atoms with Crippen molar-refractivity contribution in [1.82, 2.24) is 9.97 Å². The number of nitrogens with one attached hydrogen (secondary N) is 1. The first-order valence-electron chi connectivity index (χ1n) is 5.87. The van der Waals surface area contributed by atoms with E-state index in [1.165, 1.54) is 6.07 Å². The van der Waals surface area contributed by atoms with Gasteiger partial charge in [-0.1, -0.05) is 33.6 Å². The predicted molar refractivity (Wildman–Crippen MR) is 79.2 cm³/mol. The third kappa shape index (κ3) is 2.65. The van der Waals surface area contributed by atoms with Crippen molar-refractivity contribution in [3.8, 4) is 11.4 Å². The van der Waals surface area contributed by atoms with Crippen LogP contribution in [-0.2, 0) is 6.18 Å². The maximum absolute atomic E-state index is 13.2. The van der Waals surface area contributed by atoms with Crippen LogP contribution in [0.2, 0.25) is 5.02 Å². The molecule has 0 atom stereocenters. The Morgan fingerprint density at radius 1 is 1.14 bits per heavy atom. The molecule has 108 valence electrons. The average molecular weight is 376 g/mol. The number of halogens is 5. The summed E-state index contributed by atoms with van der Waals surface area (Å²) in [4.78, 5) is 7.06. The number of fused-ring (bicyclic) bond motifs is 1. The van der Waals surface area contributed by atoms with Crippen molar-refractivity contribution in [3.63, 3.8) is 0 Å². The highest BCUT2D eigenvalue weighted by atomic mass is 79.9. The molecule has 2 nitrogen and oxygen atoms in total. The Balaban J connectivity index is 2.25. The van der Waals surface area contributed by atoms with Crippen molar-refractivity contribution in [3.05, 3.63) is 51.5 Å². The highest BCUT2D eigenvalue weighted by molar-refractivity contribution is 9.10. The SMILES string of the molecule is FC(F)(F)c1cc(Br)ccc1-c1nc2c(Cl)cccc2[nH]1. The van der Waals surface area contributed by atoms with Crippen LogP contribution in [0, 0.1) is 0 Å². The second-order valence-electron chi connectivity index (χ2n) is 4.41. The zero-order valence-corrected chi connectivity index (χ0v) is 12.6. The summed E-state index contributed by atoms with van der Waals surface area (Å²) >= 11 is 9.06. The van der Waals surface area contributed by atoms with Crippen molar-refractivity contribution in [1.29, 1.82) is 0 Å². The van der Waals surface area contributed by atoms with Gasteiger partial charge in [0, 0.05) is 10.0 Å². The molecule has 1 heterocycles. The molecule has 0 fully saturated rings. The lowest BCUT2D eigenvalue weighted by atomic mass is 10.1. The Labute approximate surface area is 131 Å². The molecule has 0 aliphatic heterocycles. The molecule has 0 radical (unpaired) electrons. The number of hydrogen-bond donors (Lipinski definition) is 1. The van der Waals surface area contributed by atoms with Crippen molar-refractivity contribution in [2.24, 2.45) is 0 Å². The first kappa shape index (κ1) is 14.4. The van der Waals surface area contributed by atoms with Crippen molar-refractivity contribution in [2.75, 3.05) is 0 Å². The second kappa shape index (κ2) is 5.03. The van der Waals surface area contributed by atoms with Crippen LogP contribution >= 0.6 is 27.5 Å². The molecule has 21 heavy (non-hydrogen) atoms. The van der Waals surface area contributed by atoms with Crippen molar-refractivity contribution >= 4 is 38.6 Å². The van der Waals surface area contributed by atoms with E-state index in [9.17, 15) is 13.2 Å². The van der Waals surface area contributed by atoms with Crippen LogP contribution in [0.5, 0.6) is 0 Å². The van der Waals surface area contributed by atoms with Gasteiger partial charge in [0.2, 0.25) is 0 Å². The summed E-state index contributed by atoms with van der Waals surface area (Å²) in [5.41, 5.74) is 0.267. The first-order chi connectivity index (χ1) is 9.86. The van der Waals surface area contributed by atoms with Crippen LogP contribution in [0.15, 0.2) is 40.9 Å². The first-order valence-corrected chi connectivity index (χ1v) is 7.05. The Morgan fingerprint density at radius 3 is 2.57 bits per heavy atom. The lowest BCUT2D eigenvalue weighted by Gasteiger charge is -2.11. The Bertz CT molecular complexity index is 827. The second-order valence-corrected chi connectivity index (χ2v) is 5.73. The molecule has 0 aliphatic rings. The summed E-state index contributed by atoms with van der Waals surface area (Å²) in [6.45, 7) is 0. The van der Waals surface area contributed by atoms with E-state index in [0.29, 0.717) is 20.5 Å². The lowest BCUT2D eigenvalue weighted by Crippen LogP contribution is -2.07. The minimum Gasteiger partial charge on any atom is -0.338 e. The summed E-state index contributed by atoms with van der Waals surface area (Å²) in [5.74, 6) is 0.137. The number of benzene rings is 2. The zero-order chi connectivity index (χ0) is 15.2. The summed E-state index contributed by atoms with van der Waals surface area (Å²) < 4.78 is 39.8. The van der Waals surface area contributed by atoms with Gasteiger partial charge in [-0.25, -0.2) is 4.98 Å². The number of hydrogen-bond acceptors (Lipinski definition) is 1. The normalized spacial score (nSPS) is 12.0. The zero-order valence-electron chi connectivity index (χ0n) is 10.3. The Hall–Kier alpha value is -1.53. The molecule has 3 rings (SSSR count). The molecule has 7 heteroatoms. The number of imidazole rings is 1. The van der Waals surface area contributed by atoms with E-state index >= 15 is 0 Å². The smallest absolute Gasteiger partial charge is 0.338 e. The molecule has 0 unspecified atom stereocenters. The molecule has 0 amide bonds. The molecule has 1 aromatic heterocycles. The minimum atomic E-state index is -4.47. The van der Waals surface area contributed by atoms with Crippen LogP contribution in [0.1, 0.15) is 5.56 Å². The van der Waals surface area contributed by atoms with Gasteiger partial charge in [-0.15, -0.1) is 0 Å². The predicted octanol–water partition coefficient (Wildman–Crippen LogP) is 5.66. The highest BCUT2D eigenvalue weighted by Gasteiger charge is 2.34. The molecule has 1 N–H and O–H groups in total. The van der Waals surface area contributed by atoms with Crippen LogP contribution in [-0.4, -0.2) is 9.97 Å². The maximum Gasteiger partial charge on any atom is 0.417 e. The minimum absolute atomic E-state index is 0.0158. The van der Waals surface area contributed by atoms with Gasteiger partial charge in [0.1, 0.15) is 11.3 Å². The van der Waals surface area contributed by atoms with E-state index in [0.717, 1.165) is 6.07 Å². The van der Waals surface area contributed by atoms with Gasteiger partial charge in [0.25, 0.3) is 0 Å². The summed E-state index contributed by atoms with van der Waals surface area (Å²) in [6.07, 6.45) is -4.47. The molecular weight excluding hydrogens is 369 g/mol. The van der Waals surface area contributed by atoms with Gasteiger partial charge < -0.3 is 4.98 Å². The third-order valence-corrected chi connectivity index (χ3v) is 3.80. The van der Waals surface area contributed by atoms with Crippen LogP contribution in [0.4, 0.5) is 13.2 Å². The van der Waals surface area contributed by atoms with Crippen molar-refractivity contribution < 1.29 is 13.2 Å². The Morgan fingerprint density at radius 2 is 1.90 bits per heavy atom. The van der Waals surface area contributed by atoms with E-state index in [1.807, 2.05) is 0 Å². The summed E-state index contributed by atoms with van der Waals surface area (Å²) in [7, 11) is 0. The third-order valence-electron chi connectivity index (χ3n) is 3.01. The fourth-order valence-corrected chi connectivity index (χ4v) is 2.66. The number of aromatic nitrogens is 2. The summed E-state index contributed by atoms with van der Waals surface area (Å²) in [5, 5.41) is 0.390. The molecule has 0 aliphatic carbocycles. The van der Waals surface area contributed by atoms with Crippen LogP contribution in [0.25, 0.3) is 22.4 Å². The molecule has 2 aromatic carbocycles. The highest BCUT2D eigenvalue weighted by Crippen LogP contribution is 2.38. The van der Waals surface area contributed by atoms with E-state index in [2.05, 4.69) is 25.9 Å². The number of aromatic amines is 1. The van der Waals surface area contributed by atoms with Crippen molar-refractivity contribution in [2.45, 2.75) is 6.18 Å². The van der Waals surface area contributed by atoms with Gasteiger partial charge in [-0.2, -0.15) is 13.2 Å². The van der Waals surface area contributed by atoms with Crippen LogP contribution < -0.4 is 0 Å². The van der Waals surface area contributed by atoms with E-state index in [4.69, 9.17) is 11.6 Å². The average Bonchev–Trinajstić information content (AvgIpc) is 2.83. The number of para-hydroxylation sites is 1. The number of nitrogens with zero attached hydrogens (tertiary/aromatic N) is 1. The number of alkyl halides is 3. The standard InChI is InChI=1S/C14H7BrClF3N2/c15-7-4-5-8(9(6-7)14(17,18)19)13-20-11-3-1-2-10(16)12(11)21-13/h1-6H,(H,20,21). The number of H-pyrrole nitrogens is 1.